The molecule has 0 saturated carbocycles. The van der Waals surface area contributed by atoms with Gasteiger partial charge in [0.1, 0.15) is 12.4 Å². The number of hydrogen-bond donors (Lipinski definition) is 0. The van der Waals surface area contributed by atoms with Gasteiger partial charge in [-0.15, -0.1) is 0 Å². The Bertz CT molecular complexity index is 759. The first-order valence-electron chi connectivity index (χ1n) is 6.48. The van der Waals surface area contributed by atoms with Crippen molar-refractivity contribution in [2.75, 3.05) is 6.61 Å². The molecule has 7 heteroatoms. The van der Waals surface area contributed by atoms with Gasteiger partial charge in [0.2, 0.25) is 0 Å². The molecule has 0 bridgehead atoms. The van der Waals surface area contributed by atoms with Crippen LogP contribution in [0.2, 0.25) is 0 Å². The number of nitro groups is 1. The number of ether oxygens (including phenoxy) is 1. The summed E-state index contributed by atoms with van der Waals surface area (Å²) < 4.78 is 19.8. The smallest absolute Gasteiger partial charge is 0.338 e. The predicted molar refractivity (Wildman–Crippen MR) is 91.8 cm³/mol. The van der Waals surface area contributed by atoms with E-state index in [0.717, 1.165) is 11.6 Å². The highest BCUT2D eigenvalue weighted by molar-refractivity contribution is 14.1. The first kappa shape index (κ1) is 17.1. The average Bonchev–Trinajstić information content (AvgIpc) is 2.56. The van der Waals surface area contributed by atoms with Crippen molar-refractivity contribution in [3.8, 4) is 0 Å². The van der Waals surface area contributed by atoms with Gasteiger partial charge in [0.15, 0.2) is 0 Å². The number of esters is 1. The Hall–Kier alpha value is -2.29. The van der Waals surface area contributed by atoms with Crippen LogP contribution in [0.4, 0.5) is 10.1 Å². The molecule has 23 heavy (non-hydrogen) atoms. The summed E-state index contributed by atoms with van der Waals surface area (Å²) in [6.45, 7) is -0.0178. The number of nitro benzene ring substituents is 1. The Balaban J connectivity index is 2.07. The maximum absolute atomic E-state index is 12.9. The maximum atomic E-state index is 12.9. The van der Waals surface area contributed by atoms with Crippen LogP contribution in [-0.2, 0) is 4.74 Å². The number of carbonyl (C=O) groups is 1. The van der Waals surface area contributed by atoms with Crippen LogP contribution in [-0.4, -0.2) is 17.5 Å². The summed E-state index contributed by atoms with van der Waals surface area (Å²) in [5.41, 5.74) is 1.35. The molecule has 0 atom stereocenters. The molecular formula is C16H11FINO4. The molecule has 0 aromatic heterocycles. The van der Waals surface area contributed by atoms with Crippen molar-refractivity contribution in [1.29, 1.82) is 0 Å². The zero-order chi connectivity index (χ0) is 16.8. The standard InChI is InChI=1S/C16H11FINO4/c17-14-6-4-11(5-7-14)13(9-18)10-23-16(20)12-2-1-3-15(8-12)19(21)22/h1-9H,10H2/b13-9+. The molecule has 0 heterocycles. The molecule has 2 aromatic rings. The molecule has 0 amide bonds. The normalized spacial score (nSPS) is 11.1. The van der Waals surface area contributed by atoms with E-state index in [1.807, 2.05) is 22.6 Å². The third-order valence-corrected chi connectivity index (χ3v) is 3.75. The van der Waals surface area contributed by atoms with Gasteiger partial charge in [-0.3, -0.25) is 10.1 Å². The van der Waals surface area contributed by atoms with Gasteiger partial charge in [0, 0.05) is 17.7 Å². The van der Waals surface area contributed by atoms with Crippen molar-refractivity contribution < 1.29 is 18.8 Å². The molecular weight excluding hydrogens is 416 g/mol. The van der Waals surface area contributed by atoms with Crippen molar-refractivity contribution in [2.45, 2.75) is 0 Å². The van der Waals surface area contributed by atoms with Gasteiger partial charge in [-0.2, -0.15) is 0 Å². The lowest BCUT2D eigenvalue weighted by Crippen LogP contribution is -2.08. The SMILES string of the molecule is O=C(OC/C(=C\I)c1ccc(F)cc1)c1cccc([N+](=O)[O-])c1. The van der Waals surface area contributed by atoms with E-state index in [4.69, 9.17) is 4.74 Å². The van der Waals surface area contributed by atoms with Crippen molar-refractivity contribution in [1.82, 2.24) is 0 Å². The van der Waals surface area contributed by atoms with E-state index in [9.17, 15) is 19.3 Å². The lowest BCUT2D eigenvalue weighted by molar-refractivity contribution is -0.384. The molecule has 0 radical (unpaired) electrons. The molecule has 0 saturated heterocycles. The first-order valence-corrected chi connectivity index (χ1v) is 7.72. The van der Waals surface area contributed by atoms with E-state index in [-0.39, 0.29) is 23.7 Å². The highest BCUT2D eigenvalue weighted by atomic mass is 127. The number of non-ortho nitro benzene ring substituents is 1. The van der Waals surface area contributed by atoms with Crippen molar-refractivity contribution in [3.05, 3.63) is 79.7 Å². The topological polar surface area (TPSA) is 69.4 Å². The summed E-state index contributed by atoms with van der Waals surface area (Å²) in [6.07, 6.45) is 0. The van der Waals surface area contributed by atoms with Gasteiger partial charge in [0.05, 0.1) is 10.5 Å². The van der Waals surface area contributed by atoms with Gasteiger partial charge in [-0.1, -0.05) is 40.8 Å². The van der Waals surface area contributed by atoms with Crippen LogP contribution in [0.5, 0.6) is 0 Å². The maximum Gasteiger partial charge on any atom is 0.338 e. The molecule has 2 rings (SSSR count). The molecule has 0 aliphatic rings. The van der Waals surface area contributed by atoms with E-state index in [1.165, 1.54) is 30.3 Å². The molecule has 0 N–H and O–H groups in total. The number of rotatable bonds is 5. The molecule has 118 valence electrons. The van der Waals surface area contributed by atoms with Crippen LogP contribution in [0.1, 0.15) is 15.9 Å². The van der Waals surface area contributed by atoms with E-state index < -0.39 is 10.9 Å². The third kappa shape index (κ3) is 4.59. The zero-order valence-electron chi connectivity index (χ0n) is 11.7. The minimum atomic E-state index is -0.661. The monoisotopic (exact) mass is 427 g/mol. The van der Waals surface area contributed by atoms with E-state index >= 15 is 0 Å². The number of halogens is 2. The van der Waals surface area contributed by atoms with Gasteiger partial charge >= 0.3 is 5.97 Å². The first-order chi connectivity index (χ1) is 11.0. The van der Waals surface area contributed by atoms with Crippen molar-refractivity contribution in [2.24, 2.45) is 0 Å². The Morgan fingerprint density at radius 1 is 1.22 bits per heavy atom. The minimum Gasteiger partial charge on any atom is -0.457 e. The lowest BCUT2D eigenvalue weighted by Gasteiger charge is -2.08. The summed E-state index contributed by atoms with van der Waals surface area (Å²) >= 11 is 2.00. The fourth-order valence-electron chi connectivity index (χ4n) is 1.81. The molecule has 0 fully saturated rings. The molecule has 5 nitrogen and oxygen atoms in total. The number of benzene rings is 2. The lowest BCUT2D eigenvalue weighted by atomic mass is 10.1. The van der Waals surface area contributed by atoms with E-state index in [1.54, 1.807) is 16.2 Å². The third-order valence-electron chi connectivity index (χ3n) is 3.00. The Morgan fingerprint density at radius 3 is 2.52 bits per heavy atom. The van der Waals surface area contributed by atoms with Gasteiger partial charge in [-0.25, -0.2) is 9.18 Å². The molecule has 2 aromatic carbocycles. The van der Waals surface area contributed by atoms with Crippen LogP contribution in [0.25, 0.3) is 5.57 Å². The van der Waals surface area contributed by atoms with Gasteiger partial charge in [-0.05, 0) is 27.8 Å². The van der Waals surface area contributed by atoms with Crippen LogP contribution >= 0.6 is 22.6 Å². The van der Waals surface area contributed by atoms with E-state index in [2.05, 4.69) is 0 Å². The molecule has 0 aliphatic carbocycles. The van der Waals surface area contributed by atoms with Crippen LogP contribution < -0.4 is 0 Å². The second-order valence-electron chi connectivity index (χ2n) is 4.52. The summed E-state index contributed by atoms with van der Waals surface area (Å²) in [6, 6.07) is 11.1. The highest BCUT2D eigenvalue weighted by Gasteiger charge is 2.13. The van der Waals surface area contributed by atoms with Crippen molar-refractivity contribution >= 4 is 39.8 Å². The van der Waals surface area contributed by atoms with E-state index in [0.29, 0.717) is 5.57 Å². The number of hydrogen-bond acceptors (Lipinski definition) is 4. The molecule has 0 aliphatic heterocycles. The summed E-state index contributed by atoms with van der Waals surface area (Å²) in [5, 5.41) is 10.7. The molecule has 0 spiro atoms. The second kappa shape index (κ2) is 7.82. The summed E-state index contributed by atoms with van der Waals surface area (Å²) in [7, 11) is 0. The summed E-state index contributed by atoms with van der Waals surface area (Å²) in [5.74, 6) is -1.01. The van der Waals surface area contributed by atoms with Gasteiger partial charge in [0.25, 0.3) is 5.69 Å². The molecule has 0 unspecified atom stereocenters. The fraction of sp³-hybridized carbons (Fsp3) is 0.0625. The Labute approximate surface area is 145 Å². The van der Waals surface area contributed by atoms with Crippen molar-refractivity contribution in [3.63, 3.8) is 0 Å². The zero-order valence-corrected chi connectivity index (χ0v) is 13.9. The average molecular weight is 427 g/mol. The largest absolute Gasteiger partial charge is 0.457 e. The van der Waals surface area contributed by atoms with Gasteiger partial charge < -0.3 is 4.74 Å². The quantitative estimate of drug-likeness (QED) is 0.308. The number of carbonyl (C=O) groups excluding carboxylic acids is 1. The Kier molecular flexibility index (Phi) is 5.80. The van der Waals surface area contributed by atoms with Crippen LogP contribution in [0.3, 0.4) is 0 Å². The summed E-state index contributed by atoms with van der Waals surface area (Å²) in [4.78, 5) is 22.1. The number of nitrogens with zero attached hydrogens (tertiary/aromatic N) is 1. The second-order valence-corrected chi connectivity index (χ2v) is 5.15. The Morgan fingerprint density at radius 2 is 1.91 bits per heavy atom. The van der Waals surface area contributed by atoms with Crippen LogP contribution in [0.15, 0.2) is 52.6 Å². The highest BCUT2D eigenvalue weighted by Crippen LogP contribution is 2.19. The minimum absolute atomic E-state index is 0.0178. The predicted octanol–water partition coefficient (Wildman–Crippen LogP) is 4.37. The van der Waals surface area contributed by atoms with Crippen LogP contribution in [0, 0.1) is 15.9 Å². The fourth-order valence-corrected chi connectivity index (χ4v) is 2.35.